The van der Waals surface area contributed by atoms with Crippen LogP contribution in [0.25, 0.3) is 0 Å². The average Bonchev–Trinajstić information content (AvgIpc) is 2.73. The normalized spacial score (nSPS) is 13.1. The molecular formula is C25H36N2O. The molecule has 2 aromatic carbocycles. The highest BCUT2D eigenvalue weighted by Crippen LogP contribution is 2.37. The van der Waals surface area contributed by atoms with Gasteiger partial charge in [0.2, 0.25) is 0 Å². The second-order valence-corrected chi connectivity index (χ2v) is 7.59. The number of carbonyl (C=O) groups is 1. The topological polar surface area (TPSA) is 46.3 Å². The molecule has 0 bridgehead atoms. The van der Waals surface area contributed by atoms with Crippen molar-refractivity contribution in [1.29, 1.82) is 0 Å². The minimum Gasteiger partial charge on any atom is -0.351 e. The van der Waals surface area contributed by atoms with E-state index in [4.69, 9.17) is 5.73 Å². The van der Waals surface area contributed by atoms with Gasteiger partial charge in [0.25, 0.3) is 0 Å². The molecule has 0 aliphatic rings. The van der Waals surface area contributed by atoms with Gasteiger partial charge in [-0.15, -0.1) is 0 Å². The van der Waals surface area contributed by atoms with Gasteiger partial charge in [-0.05, 0) is 24.0 Å². The van der Waals surface area contributed by atoms with Gasteiger partial charge >= 0.3 is 6.03 Å². The lowest BCUT2D eigenvalue weighted by Gasteiger charge is -2.38. The van der Waals surface area contributed by atoms with E-state index in [-0.39, 0.29) is 18.1 Å². The van der Waals surface area contributed by atoms with Crippen LogP contribution in [0, 0.1) is 0 Å². The molecule has 0 heterocycles. The van der Waals surface area contributed by atoms with Gasteiger partial charge in [-0.2, -0.15) is 0 Å². The van der Waals surface area contributed by atoms with E-state index in [1.807, 2.05) is 17.0 Å². The summed E-state index contributed by atoms with van der Waals surface area (Å²) in [6.07, 6.45) is 8.74. The molecule has 0 fully saturated rings. The van der Waals surface area contributed by atoms with Crippen LogP contribution >= 0.6 is 0 Å². The molecule has 2 N–H and O–H groups in total. The standard InChI is InChI=1S/C25H36N2O/c1-3-5-9-19-23(21-15-11-7-12-16-21)27(25(26)28)24(20-10-6-4-2)22-17-13-8-14-18-22/h7-8,11-18,23-24H,3-6,9-10,19-20H2,1-2H3,(H2,26,28). The maximum absolute atomic E-state index is 12.7. The molecule has 2 atom stereocenters. The SMILES string of the molecule is CCCCCC(c1ccccc1)N(C(N)=O)C(CCCCC)c1ccccc1. The number of unbranched alkanes of at least 4 members (excludes halogenated alkanes) is 4. The Labute approximate surface area is 170 Å². The fourth-order valence-corrected chi connectivity index (χ4v) is 3.98. The van der Waals surface area contributed by atoms with Crippen LogP contribution in [0.2, 0.25) is 0 Å². The monoisotopic (exact) mass is 380 g/mol. The van der Waals surface area contributed by atoms with Crippen LogP contribution in [-0.2, 0) is 0 Å². The Balaban J connectivity index is 2.39. The van der Waals surface area contributed by atoms with Crippen LogP contribution in [0.15, 0.2) is 60.7 Å². The summed E-state index contributed by atoms with van der Waals surface area (Å²) < 4.78 is 0. The van der Waals surface area contributed by atoms with Crippen molar-refractivity contribution in [2.24, 2.45) is 5.73 Å². The fourth-order valence-electron chi connectivity index (χ4n) is 3.98. The van der Waals surface area contributed by atoms with Crippen LogP contribution in [0.1, 0.15) is 88.4 Å². The number of hydrogen-bond acceptors (Lipinski definition) is 1. The molecule has 0 spiro atoms. The lowest BCUT2D eigenvalue weighted by Crippen LogP contribution is -2.41. The third-order valence-electron chi connectivity index (χ3n) is 5.46. The molecule has 2 aromatic rings. The lowest BCUT2D eigenvalue weighted by molar-refractivity contribution is 0.138. The summed E-state index contributed by atoms with van der Waals surface area (Å²) in [5, 5.41) is 0. The highest BCUT2D eigenvalue weighted by Gasteiger charge is 2.31. The molecule has 0 aliphatic heterocycles. The number of amides is 2. The maximum Gasteiger partial charge on any atom is 0.315 e. The fraction of sp³-hybridized carbons (Fsp3) is 0.480. The number of benzene rings is 2. The van der Waals surface area contributed by atoms with Gasteiger partial charge in [-0.25, -0.2) is 4.79 Å². The van der Waals surface area contributed by atoms with E-state index in [1.54, 1.807) is 0 Å². The van der Waals surface area contributed by atoms with Gasteiger partial charge in [0.15, 0.2) is 0 Å². The van der Waals surface area contributed by atoms with E-state index in [0.29, 0.717) is 0 Å². The van der Waals surface area contributed by atoms with Gasteiger partial charge in [0.05, 0.1) is 12.1 Å². The Kier molecular flexibility index (Phi) is 9.61. The van der Waals surface area contributed by atoms with Crippen molar-refractivity contribution in [3.05, 3.63) is 71.8 Å². The van der Waals surface area contributed by atoms with Crippen molar-refractivity contribution in [2.45, 2.75) is 77.3 Å². The van der Waals surface area contributed by atoms with E-state index >= 15 is 0 Å². The summed E-state index contributed by atoms with van der Waals surface area (Å²) in [6, 6.07) is 20.5. The first-order valence-corrected chi connectivity index (χ1v) is 10.9. The molecule has 3 nitrogen and oxygen atoms in total. The Morgan fingerprint density at radius 1 is 0.750 bits per heavy atom. The van der Waals surface area contributed by atoms with Crippen LogP contribution in [0.4, 0.5) is 4.79 Å². The van der Waals surface area contributed by atoms with E-state index in [9.17, 15) is 4.79 Å². The number of carbonyl (C=O) groups excluding carboxylic acids is 1. The Morgan fingerprint density at radius 2 is 1.14 bits per heavy atom. The number of hydrogen-bond donors (Lipinski definition) is 1. The third kappa shape index (κ3) is 6.40. The van der Waals surface area contributed by atoms with Gasteiger partial charge in [-0.3, -0.25) is 0 Å². The Morgan fingerprint density at radius 3 is 1.46 bits per heavy atom. The van der Waals surface area contributed by atoms with Crippen LogP contribution in [-0.4, -0.2) is 10.9 Å². The maximum atomic E-state index is 12.7. The summed E-state index contributed by atoms with van der Waals surface area (Å²) in [7, 11) is 0. The molecule has 2 amide bonds. The quantitative estimate of drug-likeness (QED) is 0.395. The summed E-state index contributed by atoms with van der Waals surface area (Å²) >= 11 is 0. The van der Waals surface area contributed by atoms with E-state index in [1.165, 1.54) is 24.0 Å². The lowest BCUT2D eigenvalue weighted by atomic mass is 9.93. The zero-order valence-electron chi connectivity index (χ0n) is 17.5. The van der Waals surface area contributed by atoms with E-state index in [0.717, 1.165) is 38.5 Å². The molecular weight excluding hydrogens is 344 g/mol. The summed E-state index contributed by atoms with van der Waals surface area (Å²) in [4.78, 5) is 14.7. The van der Waals surface area contributed by atoms with E-state index in [2.05, 4.69) is 62.4 Å². The Bertz CT molecular complexity index is 618. The second-order valence-electron chi connectivity index (χ2n) is 7.59. The van der Waals surface area contributed by atoms with Gasteiger partial charge in [0, 0.05) is 0 Å². The van der Waals surface area contributed by atoms with Crippen LogP contribution in [0.5, 0.6) is 0 Å². The zero-order valence-corrected chi connectivity index (χ0v) is 17.5. The van der Waals surface area contributed by atoms with Crippen molar-refractivity contribution < 1.29 is 4.79 Å². The number of nitrogens with two attached hydrogens (primary N) is 1. The molecule has 3 heteroatoms. The highest BCUT2D eigenvalue weighted by atomic mass is 16.2. The molecule has 0 radical (unpaired) electrons. The summed E-state index contributed by atoms with van der Waals surface area (Å²) in [5.74, 6) is 0. The summed E-state index contributed by atoms with van der Waals surface area (Å²) in [5.41, 5.74) is 8.36. The largest absolute Gasteiger partial charge is 0.351 e. The van der Waals surface area contributed by atoms with Gasteiger partial charge in [0.1, 0.15) is 0 Å². The molecule has 0 aliphatic carbocycles. The molecule has 28 heavy (non-hydrogen) atoms. The zero-order chi connectivity index (χ0) is 20.2. The predicted octanol–water partition coefficient (Wildman–Crippen LogP) is 7.01. The number of nitrogens with zero attached hydrogens (tertiary/aromatic N) is 1. The van der Waals surface area contributed by atoms with Crippen molar-refractivity contribution in [2.75, 3.05) is 0 Å². The minimum absolute atomic E-state index is 0.0112. The smallest absolute Gasteiger partial charge is 0.315 e. The third-order valence-corrected chi connectivity index (χ3v) is 5.46. The molecule has 152 valence electrons. The molecule has 2 rings (SSSR count). The number of urea groups is 1. The van der Waals surface area contributed by atoms with E-state index < -0.39 is 0 Å². The van der Waals surface area contributed by atoms with Crippen molar-refractivity contribution in [3.8, 4) is 0 Å². The predicted molar refractivity (Wildman–Crippen MR) is 118 cm³/mol. The van der Waals surface area contributed by atoms with Crippen molar-refractivity contribution >= 4 is 6.03 Å². The molecule has 2 unspecified atom stereocenters. The minimum atomic E-state index is -0.323. The first kappa shape index (κ1) is 22.0. The molecule has 0 saturated heterocycles. The van der Waals surface area contributed by atoms with Gasteiger partial charge in [-0.1, -0.05) is 113 Å². The number of primary amides is 1. The molecule has 0 saturated carbocycles. The Hall–Kier alpha value is -2.29. The summed E-state index contributed by atoms with van der Waals surface area (Å²) in [6.45, 7) is 4.42. The first-order chi connectivity index (χ1) is 13.7. The van der Waals surface area contributed by atoms with Crippen LogP contribution in [0.3, 0.4) is 0 Å². The number of rotatable bonds is 12. The first-order valence-electron chi connectivity index (χ1n) is 10.9. The van der Waals surface area contributed by atoms with Crippen molar-refractivity contribution in [3.63, 3.8) is 0 Å². The van der Waals surface area contributed by atoms with Crippen LogP contribution < -0.4 is 5.73 Å². The average molecular weight is 381 g/mol. The highest BCUT2D eigenvalue weighted by molar-refractivity contribution is 5.73. The second kappa shape index (κ2) is 12.2. The van der Waals surface area contributed by atoms with Crippen molar-refractivity contribution in [1.82, 2.24) is 4.90 Å². The molecule has 0 aromatic heterocycles. The van der Waals surface area contributed by atoms with Gasteiger partial charge < -0.3 is 10.6 Å².